The Morgan fingerprint density at radius 1 is 1.37 bits per heavy atom. The normalized spacial score (nSPS) is 25.0. The molecule has 1 amide bonds. The van der Waals surface area contributed by atoms with E-state index in [1.165, 1.54) is 25.7 Å². The van der Waals surface area contributed by atoms with Gasteiger partial charge in [0.2, 0.25) is 0 Å². The van der Waals surface area contributed by atoms with E-state index in [0.29, 0.717) is 5.82 Å². The molecule has 1 saturated heterocycles. The van der Waals surface area contributed by atoms with Crippen LogP contribution < -0.4 is 5.32 Å². The molecule has 5 heteroatoms. The number of imidazole rings is 1. The van der Waals surface area contributed by atoms with Crippen molar-refractivity contribution in [1.29, 1.82) is 0 Å². The minimum Gasteiger partial charge on any atom is -0.345 e. The van der Waals surface area contributed by atoms with E-state index in [-0.39, 0.29) is 11.9 Å². The molecule has 0 spiro atoms. The highest BCUT2D eigenvalue weighted by molar-refractivity contribution is 5.90. The van der Waals surface area contributed by atoms with E-state index in [9.17, 15) is 4.79 Å². The number of amides is 1. The van der Waals surface area contributed by atoms with Crippen LogP contribution in [0.1, 0.15) is 42.7 Å². The Morgan fingerprint density at radius 3 is 2.84 bits per heavy atom. The number of rotatable bonds is 3. The second kappa shape index (κ2) is 5.33. The number of hydrogen-bond acceptors (Lipinski definition) is 3. The standard InChI is InChI=1S/C14H22N4O/c1-17-9-7-15-13(17)14(19)16-11-6-8-18(10-11)12-4-2-3-5-12/h7,9,11-12H,2-6,8,10H2,1H3,(H,16,19). The number of aromatic nitrogens is 2. The Kier molecular flexibility index (Phi) is 3.55. The van der Waals surface area contributed by atoms with E-state index in [0.717, 1.165) is 25.6 Å². The number of hydrogen-bond donors (Lipinski definition) is 1. The highest BCUT2D eigenvalue weighted by atomic mass is 16.2. The van der Waals surface area contributed by atoms with Gasteiger partial charge >= 0.3 is 0 Å². The fourth-order valence-corrected chi connectivity index (χ4v) is 3.34. The Labute approximate surface area is 114 Å². The average molecular weight is 262 g/mol. The van der Waals surface area contributed by atoms with E-state index in [4.69, 9.17) is 0 Å². The van der Waals surface area contributed by atoms with Crippen molar-refractivity contribution < 1.29 is 4.79 Å². The van der Waals surface area contributed by atoms with E-state index < -0.39 is 0 Å². The van der Waals surface area contributed by atoms with Gasteiger partial charge in [-0.3, -0.25) is 9.69 Å². The zero-order chi connectivity index (χ0) is 13.2. The number of carbonyl (C=O) groups excluding carboxylic acids is 1. The van der Waals surface area contributed by atoms with Crippen molar-refractivity contribution in [3.05, 3.63) is 18.2 Å². The summed E-state index contributed by atoms with van der Waals surface area (Å²) in [5.74, 6) is 0.449. The molecule has 104 valence electrons. The van der Waals surface area contributed by atoms with Crippen molar-refractivity contribution in [2.75, 3.05) is 13.1 Å². The van der Waals surface area contributed by atoms with Crippen LogP contribution in [0.3, 0.4) is 0 Å². The van der Waals surface area contributed by atoms with Gasteiger partial charge in [-0.25, -0.2) is 4.98 Å². The average Bonchev–Trinajstić information content (AvgIpc) is 3.07. The molecule has 19 heavy (non-hydrogen) atoms. The molecule has 1 N–H and O–H groups in total. The van der Waals surface area contributed by atoms with E-state index in [2.05, 4.69) is 15.2 Å². The molecule has 0 bridgehead atoms. The summed E-state index contributed by atoms with van der Waals surface area (Å²) in [6.45, 7) is 2.12. The van der Waals surface area contributed by atoms with Crippen LogP contribution in [-0.4, -0.2) is 45.5 Å². The van der Waals surface area contributed by atoms with Crippen LogP contribution in [0.15, 0.2) is 12.4 Å². The lowest BCUT2D eigenvalue weighted by Crippen LogP contribution is -2.40. The third kappa shape index (κ3) is 2.66. The minimum atomic E-state index is -0.0502. The highest BCUT2D eigenvalue weighted by Gasteiger charge is 2.31. The summed E-state index contributed by atoms with van der Waals surface area (Å²) in [4.78, 5) is 18.7. The monoisotopic (exact) mass is 262 g/mol. The summed E-state index contributed by atoms with van der Waals surface area (Å²) in [7, 11) is 1.85. The van der Waals surface area contributed by atoms with E-state index >= 15 is 0 Å². The first-order chi connectivity index (χ1) is 9.24. The first-order valence-electron chi connectivity index (χ1n) is 7.26. The summed E-state index contributed by atoms with van der Waals surface area (Å²) in [6, 6.07) is 1.04. The smallest absolute Gasteiger partial charge is 0.287 e. The highest BCUT2D eigenvalue weighted by Crippen LogP contribution is 2.26. The first-order valence-corrected chi connectivity index (χ1v) is 7.26. The molecule has 2 heterocycles. The van der Waals surface area contributed by atoms with E-state index in [1.807, 2.05) is 7.05 Å². The number of nitrogens with one attached hydrogen (secondary N) is 1. The molecule has 0 radical (unpaired) electrons. The topological polar surface area (TPSA) is 50.2 Å². The van der Waals surface area contributed by atoms with Crippen LogP contribution in [0.4, 0.5) is 0 Å². The molecule has 5 nitrogen and oxygen atoms in total. The van der Waals surface area contributed by atoms with Crippen LogP contribution in [0, 0.1) is 0 Å². The first kappa shape index (κ1) is 12.7. The Balaban J connectivity index is 1.54. The molecule has 1 aliphatic heterocycles. The van der Waals surface area contributed by atoms with Crippen LogP contribution in [0.25, 0.3) is 0 Å². The second-order valence-corrected chi connectivity index (χ2v) is 5.75. The summed E-state index contributed by atoms with van der Waals surface area (Å²) < 4.78 is 1.76. The van der Waals surface area contributed by atoms with Crippen LogP contribution in [0.5, 0.6) is 0 Å². The number of carbonyl (C=O) groups is 1. The summed E-state index contributed by atoms with van der Waals surface area (Å²) in [5, 5.41) is 3.11. The zero-order valence-corrected chi connectivity index (χ0v) is 11.5. The zero-order valence-electron chi connectivity index (χ0n) is 11.5. The molecule has 2 aliphatic rings. The third-order valence-corrected chi connectivity index (χ3v) is 4.42. The molecular formula is C14H22N4O. The van der Waals surface area contributed by atoms with E-state index in [1.54, 1.807) is 17.0 Å². The number of likely N-dealkylation sites (tertiary alicyclic amines) is 1. The van der Waals surface area contributed by atoms with Crippen molar-refractivity contribution in [2.45, 2.75) is 44.2 Å². The predicted octanol–water partition coefficient (Wildman–Crippen LogP) is 1.17. The van der Waals surface area contributed by atoms with Gasteiger partial charge in [-0.05, 0) is 19.3 Å². The van der Waals surface area contributed by atoms with Gasteiger partial charge in [0.1, 0.15) is 0 Å². The van der Waals surface area contributed by atoms with Gasteiger partial charge in [0.25, 0.3) is 5.91 Å². The molecule has 1 aromatic rings. The molecule has 0 aromatic carbocycles. The second-order valence-electron chi connectivity index (χ2n) is 5.75. The van der Waals surface area contributed by atoms with Crippen molar-refractivity contribution in [3.8, 4) is 0 Å². The maximum Gasteiger partial charge on any atom is 0.287 e. The Morgan fingerprint density at radius 2 is 2.16 bits per heavy atom. The van der Waals surface area contributed by atoms with Crippen molar-refractivity contribution in [1.82, 2.24) is 19.8 Å². The molecule has 1 atom stereocenters. The predicted molar refractivity (Wildman–Crippen MR) is 72.9 cm³/mol. The molecule has 1 aromatic heterocycles. The molecular weight excluding hydrogens is 240 g/mol. The molecule has 1 saturated carbocycles. The van der Waals surface area contributed by atoms with Crippen LogP contribution in [-0.2, 0) is 7.05 Å². The number of nitrogens with zero attached hydrogens (tertiary/aromatic N) is 3. The van der Waals surface area contributed by atoms with Gasteiger partial charge in [0.05, 0.1) is 0 Å². The number of aryl methyl sites for hydroxylation is 1. The van der Waals surface area contributed by atoms with Gasteiger partial charge in [-0.15, -0.1) is 0 Å². The lowest BCUT2D eigenvalue weighted by Gasteiger charge is -2.23. The van der Waals surface area contributed by atoms with Gasteiger partial charge in [-0.2, -0.15) is 0 Å². The molecule has 2 fully saturated rings. The third-order valence-electron chi connectivity index (χ3n) is 4.42. The lowest BCUT2D eigenvalue weighted by atomic mass is 10.2. The summed E-state index contributed by atoms with van der Waals surface area (Å²) in [5.41, 5.74) is 0. The lowest BCUT2D eigenvalue weighted by molar-refractivity contribution is 0.0922. The van der Waals surface area contributed by atoms with Crippen molar-refractivity contribution >= 4 is 5.91 Å². The van der Waals surface area contributed by atoms with Gasteiger partial charge in [0, 0.05) is 44.6 Å². The van der Waals surface area contributed by atoms with Gasteiger partial charge < -0.3 is 9.88 Å². The molecule has 3 rings (SSSR count). The fourth-order valence-electron chi connectivity index (χ4n) is 3.34. The minimum absolute atomic E-state index is 0.0502. The molecule has 1 aliphatic carbocycles. The largest absolute Gasteiger partial charge is 0.345 e. The summed E-state index contributed by atoms with van der Waals surface area (Å²) >= 11 is 0. The van der Waals surface area contributed by atoms with Gasteiger partial charge in [-0.1, -0.05) is 12.8 Å². The quantitative estimate of drug-likeness (QED) is 0.889. The summed E-state index contributed by atoms with van der Waals surface area (Å²) in [6.07, 6.45) is 9.92. The SMILES string of the molecule is Cn1ccnc1C(=O)NC1CCN(C2CCCC2)C1. The Bertz CT molecular complexity index is 450. The van der Waals surface area contributed by atoms with Crippen molar-refractivity contribution in [3.63, 3.8) is 0 Å². The molecule has 1 unspecified atom stereocenters. The van der Waals surface area contributed by atoms with Crippen molar-refractivity contribution in [2.24, 2.45) is 7.05 Å². The Hall–Kier alpha value is -1.36. The fraction of sp³-hybridized carbons (Fsp3) is 0.714. The van der Waals surface area contributed by atoms with Gasteiger partial charge in [0.15, 0.2) is 5.82 Å². The van der Waals surface area contributed by atoms with Crippen LogP contribution in [0.2, 0.25) is 0 Å². The maximum atomic E-state index is 12.1. The maximum absolute atomic E-state index is 12.1. The van der Waals surface area contributed by atoms with Crippen LogP contribution >= 0.6 is 0 Å².